The Kier molecular flexibility index (Phi) is 3.33. The first kappa shape index (κ1) is 12.4. The molecule has 2 heteroatoms. The lowest BCUT2D eigenvalue weighted by atomic mass is 9.74. The molecule has 2 N–H and O–H groups in total. The number of likely N-dealkylation sites (tertiary alicyclic amines) is 1. The van der Waals surface area contributed by atoms with Crippen LogP contribution in [-0.2, 0) is 0 Å². The van der Waals surface area contributed by atoms with Crippen molar-refractivity contribution in [2.75, 3.05) is 13.1 Å². The minimum Gasteiger partial charge on any atom is -0.323 e. The van der Waals surface area contributed by atoms with E-state index in [2.05, 4.69) is 32.6 Å². The van der Waals surface area contributed by atoms with Crippen molar-refractivity contribution in [2.24, 2.45) is 23.5 Å². The van der Waals surface area contributed by atoms with Gasteiger partial charge in [-0.3, -0.25) is 4.90 Å². The Balaban J connectivity index is 1.84. The fourth-order valence-electron chi connectivity index (χ4n) is 3.18. The molecule has 3 unspecified atom stereocenters. The summed E-state index contributed by atoms with van der Waals surface area (Å²) in [5.74, 6) is 2.43. The van der Waals surface area contributed by atoms with Crippen molar-refractivity contribution in [1.29, 1.82) is 0 Å². The Morgan fingerprint density at radius 2 is 1.75 bits per heavy atom. The second-order valence-electron chi connectivity index (χ2n) is 6.71. The fourth-order valence-corrected chi connectivity index (χ4v) is 3.18. The lowest BCUT2D eigenvalue weighted by Gasteiger charge is -2.55. The minimum absolute atomic E-state index is 0.103. The quantitative estimate of drug-likeness (QED) is 0.781. The van der Waals surface area contributed by atoms with Gasteiger partial charge in [0.25, 0.3) is 0 Å². The summed E-state index contributed by atoms with van der Waals surface area (Å²) < 4.78 is 0. The fraction of sp³-hybridized carbons (Fsp3) is 1.00. The molecule has 3 atom stereocenters. The summed E-state index contributed by atoms with van der Waals surface area (Å²) >= 11 is 0. The van der Waals surface area contributed by atoms with Crippen molar-refractivity contribution >= 4 is 0 Å². The summed E-state index contributed by atoms with van der Waals surface area (Å²) in [5.41, 5.74) is 6.47. The van der Waals surface area contributed by atoms with Crippen LogP contribution in [0, 0.1) is 17.8 Å². The molecule has 2 fully saturated rings. The van der Waals surface area contributed by atoms with Crippen LogP contribution < -0.4 is 5.73 Å². The van der Waals surface area contributed by atoms with E-state index in [1.54, 1.807) is 0 Å². The summed E-state index contributed by atoms with van der Waals surface area (Å²) in [6.07, 6.45) is 4.18. The first-order valence-corrected chi connectivity index (χ1v) is 6.95. The van der Waals surface area contributed by atoms with Gasteiger partial charge in [-0.1, -0.05) is 27.7 Å². The van der Waals surface area contributed by atoms with E-state index in [-0.39, 0.29) is 5.54 Å². The molecule has 0 aromatic rings. The zero-order valence-corrected chi connectivity index (χ0v) is 11.4. The van der Waals surface area contributed by atoms with E-state index in [1.807, 2.05) is 0 Å². The Hall–Kier alpha value is -0.0800. The highest BCUT2D eigenvalue weighted by molar-refractivity contribution is 5.04. The predicted octanol–water partition coefficient (Wildman–Crippen LogP) is 2.48. The molecule has 1 saturated heterocycles. The third-order valence-corrected chi connectivity index (χ3v) is 5.23. The topological polar surface area (TPSA) is 29.3 Å². The van der Waals surface area contributed by atoms with Gasteiger partial charge in [0, 0.05) is 24.7 Å². The number of hydrogen-bond acceptors (Lipinski definition) is 2. The average Bonchev–Trinajstić information content (AvgIpc) is 2.17. The van der Waals surface area contributed by atoms with E-state index in [0.29, 0.717) is 5.92 Å². The highest BCUT2D eigenvalue weighted by Gasteiger charge is 2.45. The zero-order chi connectivity index (χ0) is 11.9. The summed E-state index contributed by atoms with van der Waals surface area (Å²) in [4.78, 5) is 2.63. The molecule has 1 heterocycles. The van der Waals surface area contributed by atoms with E-state index < -0.39 is 0 Å². The molecule has 0 radical (unpaired) electrons. The molecule has 2 nitrogen and oxygen atoms in total. The monoisotopic (exact) mass is 224 g/mol. The van der Waals surface area contributed by atoms with E-state index in [0.717, 1.165) is 31.0 Å². The lowest BCUT2D eigenvalue weighted by molar-refractivity contribution is -0.0216. The van der Waals surface area contributed by atoms with Gasteiger partial charge < -0.3 is 5.73 Å². The van der Waals surface area contributed by atoms with Crippen LogP contribution in [0.5, 0.6) is 0 Å². The number of hydrogen-bond donors (Lipinski definition) is 1. The summed E-state index contributed by atoms with van der Waals surface area (Å²) in [6.45, 7) is 11.6. The van der Waals surface area contributed by atoms with Crippen LogP contribution in [0.1, 0.15) is 47.0 Å². The number of nitrogens with zero attached hydrogens (tertiary/aromatic N) is 1. The van der Waals surface area contributed by atoms with Crippen LogP contribution in [0.15, 0.2) is 0 Å². The van der Waals surface area contributed by atoms with Crippen molar-refractivity contribution in [3.8, 4) is 0 Å². The maximum Gasteiger partial charge on any atom is 0.0435 e. The standard InChI is InChI=1S/C14H28N2/c1-10(2)14(15)8-16(9-14)13-6-5-11(3)12(4)7-13/h10-13H,5-9,15H2,1-4H3. The molecular formula is C14H28N2. The summed E-state index contributed by atoms with van der Waals surface area (Å²) in [6, 6.07) is 0.821. The van der Waals surface area contributed by atoms with Crippen LogP contribution in [0.4, 0.5) is 0 Å². The highest BCUT2D eigenvalue weighted by atomic mass is 15.3. The Bertz CT molecular complexity index is 243. The van der Waals surface area contributed by atoms with Gasteiger partial charge in [0.05, 0.1) is 0 Å². The van der Waals surface area contributed by atoms with Crippen molar-refractivity contribution in [1.82, 2.24) is 4.90 Å². The van der Waals surface area contributed by atoms with Crippen molar-refractivity contribution in [2.45, 2.75) is 58.5 Å². The van der Waals surface area contributed by atoms with E-state index in [9.17, 15) is 0 Å². The molecule has 0 bridgehead atoms. The van der Waals surface area contributed by atoms with E-state index in [4.69, 9.17) is 5.73 Å². The van der Waals surface area contributed by atoms with Gasteiger partial charge in [-0.05, 0) is 37.0 Å². The van der Waals surface area contributed by atoms with Gasteiger partial charge in [-0.15, -0.1) is 0 Å². The normalized spacial score (nSPS) is 39.8. The van der Waals surface area contributed by atoms with Crippen LogP contribution in [-0.4, -0.2) is 29.6 Å². The van der Waals surface area contributed by atoms with Crippen LogP contribution >= 0.6 is 0 Å². The molecule has 94 valence electrons. The van der Waals surface area contributed by atoms with Crippen molar-refractivity contribution < 1.29 is 0 Å². The smallest absolute Gasteiger partial charge is 0.0435 e. The SMILES string of the molecule is CC1CCC(N2CC(N)(C(C)C)C2)CC1C. The second-order valence-corrected chi connectivity index (χ2v) is 6.71. The first-order chi connectivity index (χ1) is 7.42. The molecule has 0 aromatic heterocycles. The molecule has 16 heavy (non-hydrogen) atoms. The third-order valence-electron chi connectivity index (χ3n) is 5.23. The molecule has 0 aromatic carbocycles. The maximum absolute atomic E-state index is 6.36. The Morgan fingerprint density at radius 3 is 2.25 bits per heavy atom. The largest absolute Gasteiger partial charge is 0.323 e. The van der Waals surface area contributed by atoms with Gasteiger partial charge in [0.15, 0.2) is 0 Å². The molecule has 0 spiro atoms. The predicted molar refractivity (Wildman–Crippen MR) is 69.3 cm³/mol. The number of rotatable bonds is 2. The lowest BCUT2D eigenvalue weighted by Crippen LogP contribution is -2.72. The van der Waals surface area contributed by atoms with Gasteiger partial charge in [-0.2, -0.15) is 0 Å². The average molecular weight is 224 g/mol. The van der Waals surface area contributed by atoms with Gasteiger partial charge in [0.2, 0.25) is 0 Å². The van der Waals surface area contributed by atoms with Crippen molar-refractivity contribution in [3.05, 3.63) is 0 Å². The van der Waals surface area contributed by atoms with Crippen LogP contribution in [0.25, 0.3) is 0 Å². The van der Waals surface area contributed by atoms with Gasteiger partial charge in [-0.25, -0.2) is 0 Å². The van der Waals surface area contributed by atoms with Gasteiger partial charge >= 0.3 is 0 Å². The minimum atomic E-state index is 0.103. The molecule has 1 aliphatic carbocycles. The van der Waals surface area contributed by atoms with Crippen molar-refractivity contribution in [3.63, 3.8) is 0 Å². The maximum atomic E-state index is 6.36. The van der Waals surface area contributed by atoms with Gasteiger partial charge in [0.1, 0.15) is 0 Å². The zero-order valence-electron chi connectivity index (χ0n) is 11.4. The highest BCUT2D eigenvalue weighted by Crippen LogP contribution is 2.37. The molecular weight excluding hydrogens is 196 g/mol. The van der Waals surface area contributed by atoms with Crippen LogP contribution in [0.2, 0.25) is 0 Å². The van der Waals surface area contributed by atoms with E-state index >= 15 is 0 Å². The molecule has 2 aliphatic rings. The van der Waals surface area contributed by atoms with Crippen LogP contribution in [0.3, 0.4) is 0 Å². The van der Waals surface area contributed by atoms with E-state index in [1.165, 1.54) is 19.3 Å². The Labute approximate surface area is 101 Å². The molecule has 1 aliphatic heterocycles. The second kappa shape index (κ2) is 4.30. The third kappa shape index (κ3) is 2.14. The molecule has 1 saturated carbocycles. The Morgan fingerprint density at radius 1 is 1.12 bits per heavy atom. The summed E-state index contributed by atoms with van der Waals surface area (Å²) in [7, 11) is 0. The molecule has 0 amide bonds. The summed E-state index contributed by atoms with van der Waals surface area (Å²) in [5, 5.41) is 0. The number of nitrogens with two attached hydrogens (primary N) is 1. The first-order valence-electron chi connectivity index (χ1n) is 6.95. The molecule has 2 rings (SSSR count).